The van der Waals surface area contributed by atoms with Gasteiger partial charge in [0.2, 0.25) is 0 Å². The zero-order valence-corrected chi connectivity index (χ0v) is 8.33. The summed E-state index contributed by atoms with van der Waals surface area (Å²) in [6.45, 7) is 0. The molecule has 0 aliphatic rings. The highest BCUT2D eigenvalue weighted by molar-refractivity contribution is 5.97. The third-order valence-electron chi connectivity index (χ3n) is 1.78. The van der Waals surface area contributed by atoms with Crippen LogP contribution in [0.3, 0.4) is 0 Å². The van der Waals surface area contributed by atoms with Gasteiger partial charge in [-0.15, -0.1) is 0 Å². The van der Waals surface area contributed by atoms with Crippen LogP contribution in [0.1, 0.15) is 5.56 Å². The second-order valence-electron chi connectivity index (χ2n) is 2.83. The lowest BCUT2D eigenvalue weighted by atomic mass is 10.1. The van der Waals surface area contributed by atoms with E-state index >= 15 is 0 Å². The van der Waals surface area contributed by atoms with Crippen molar-refractivity contribution >= 4 is 12.0 Å². The van der Waals surface area contributed by atoms with E-state index in [1.807, 2.05) is 0 Å². The molecule has 0 aliphatic carbocycles. The Bertz CT molecular complexity index is 489. The summed E-state index contributed by atoms with van der Waals surface area (Å²) in [6.07, 6.45) is 1.12. The molecule has 0 saturated heterocycles. The average Bonchev–Trinajstić information content (AvgIpc) is 2.29. The molecule has 0 bridgehead atoms. The minimum absolute atomic E-state index is 0.209. The van der Waals surface area contributed by atoms with Crippen molar-refractivity contribution in [3.8, 4) is 6.07 Å². The topological polar surface area (TPSA) is 50.1 Å². The fourth-order valence-electron chi connectivity index (χ4n) is 1.02. The first-order valence-electron chi connectivity index (χ1n) is 4.23. The molecule has 0 atom stereocenters. The molecule has 5 heteroatoms. The van der Waals surface area contributed by atoms with Gasteiger partial charge in [0.25, 0.3) is 0 Å². The van der Waals surface area contributed by atoms with E-state index in [0.717, 1.165) is 25.3 Å². The zero-order chi connectivity index (χ0) is 12.1. The van der Waals surface area contributed by atoms with Gasteiger partial charge in [0, 0.05) is 0 Å². The largest absolute Gasteiger partial charge is 0.465 e. The molecule has 16 heavy (non-hydrogen) atoms. The highest BCUT2D eigenvalue weighted by Gasteiger charge is 2.09. The fourth-order valence-corrected chi connectivity index (χ4v) is 1.02. The summed E-state index contributed by atoms with van der Waals surface area (Å²) >= 11 is 0. The molecule has 0 radical (unpaired) electrons. The molecule has 1 rings (SSSR count). The number of benzene rings is 1. The van der Waals surface area contributed by atoms with Gasteiger partial charge in [0.1, 0.15) is 11.6 Å². The Kier molecular flexibility index (Phi) is 3.72. The Balaban J connectivity index is 3.10. The molecule has 0 aromatic heterocycles. The standard InChI is InChI=1S/C11H7F2NO2/c1-16-11(15)8(6-14)4-7-2-3-9(12)10(13)5-7/h2-5H,1H3/b8-4+. The normalized spacial score (nSPS) is 10.8. The molecule has 82 valence electrons. The minimum Gasteiger partial charge on any atom is -0.465 e. The van der Waals surface area contributed by atoms with Crippen LogP contribution in [0.4, 0.5) is 8.78 Å². The average molecular weight is 223 g/mol. The van der Waals surface area contributed by atoms with E-state index in [-0.39, 0.29) is 11.1 Å². The molecule has 0 aliphatic heterocycles. The second kappa shape index (κ2) is 5.03. The zero-order valence-electron chi connectivity index (χ0n) is 8.33. The Morgan fingerprint density at radius 2 is 2.12 bits per heavy atom. The summed E-state index contributed by atoms with van der Waals surface area (Å²) in [5.74, 6) is -2.86. The van der Waals surface area contributed by atoms with Gasteiger partial charge in [0.15, 0.2) is 11.6 Å². The molecule has 1 aromatic rings. The van der Waals surface area contributed by atoms with E-state index in [1.165, 1.54) is 6.07 Å². The summed E-state index contributed by atoms with van der Waals surface area (Å²) in [5.41, 5.74) is -0.0747. The van der Waals surface area contributed by atoms with Crippen LogP contribution in [0, 0.1) is 23.0 Å². The van der Waals surface area contributed by atoms with Crippen molar-refractivity contribution in [2.45, 2.75) is 0 Å². The highest BCUT2D eigenvalue weighted by atomic mass is 19.2. The quantitative estimate of drug-likeness (QED) is 0.438. The van der Waals surface area contributed by atoms with Crippen molar-refractivity contribution in [1.82, 2.24) is 0 Å². The van der Waals surface area contributed by atoms with Crippen molar-refractivity contribution < 1.29 is 18.3 Å². The maximum absolute atomic E-state index is 12.8. The first-order valence-corrected chi connectivity index (χ1v) is 4.23. The number of carbonyl (C=O) groups is 1. The molecule has 0 amide bonds. The number of hydrogen-bond donors (Lipinski definition) is 0. The Morgan fingerprint density at radius 1 is 1.44 bits per heavy atom. The van der Waals surface area contributed by atoms with Crippen LogP contribution in [-0.4, -0.2) is 13.1 Å². The van der Waals surface area contributed by atoms with Gasteiger partial charge in [-0.2, -0.15) is 5.26 Å². The molecule has 1 aromatic carbocycles. The summed E-state index contributed by atoms with van der Waals surface area (Å²) in [6, 6.07) is 4.65. The van der Waals surface area contributed by atoms with E-state index in [4.69, 9.17) is 5.26 Å². The number of methoxy groups -OCH3 is 1. The Labute approximate surface area is 90.6 Å². The molecular weight excluding hydrogens is 216 g/mol. The van der Waals surface area contributed by atoms with Crippen molar-refractivity contribution in [3.05, 3.63) is 41.0 Å². The number of esters is 1. The van der Waals surface area contributed by atoms with Gasteiger partial charge in [-0.05, 0) is 23.8 Å². The number of halogens is 2. The van der Waals surface area contributed by atoms with E-state index in [2.05, 4.69) is 4.74 Å². The summed E-state index contributed by atoms with van der Waals surface area (Å²) < 4.78 is 29.7. The Morgan fingerprint density at radius 3 is 2.62 bits per heavy atom. The summed E-state index contributed by atoms with van der Waals surface area (Å²) in [7, 11) is 1.12. The predicted molar refractivity (Wildman–Crippen MR) is 52.0 cm³/mol. The van der Waals surface area contributed by atoms with E-state index in [0.29, 0.717) is 0 Å². The van der Waals surface area contributed by atoms with Crippen LogP contribution in [0.2, 0.25) is 0 Å². The van der Waals surface area contributed by atoms with Crippen LogP contribution in [0.5, 0.6) is 0 Å². The number of rotatable bonds is 2. The van der Waals surface area contributed by atoms with Crippen LogP contribution < -0.4 is 0 Å². The number of hydrogen-bond acceptors (Lipinski definition) is 3. The van der Waals surface area contributed by atoms with Crippen molar-refractivity contribution in [2.24, 2.45) is 0 Å². The predicted octanol–water partition coefficient (Wildman–Crippen LogP) is 2.04. The number of carbonyl (C=O) groups excluding carboxylic acids is 1. The van der Waals surface area contributed by atoms with E-state index in [9.17, 15) is 13.6 Å². The maximum Gasteiger partial charge on any atom is 0.348 e. The van der Waals surface area contributed by atoms with Crippen molar-refractivity contribution in [2.75, 3.05) is 7.11 Å². The van der Waals surface area contributed by atoms with Crippen molar-refractivity contribution in [3.63, 3.8) is 0 Å². The van der Waals surface area contributed by atoms with Gasteiger partial charge in [-0.1, -0.05) is 6.07 Å². The highest BCUT2D eigenvalue weighted by Crippen LogP contribution is 2.12. The Hall–Kier alpha value is -2.22. The third kappa shape index (κ3) is 2.64. The van der Waals surface area contributed by atoms with Gasteiger partial charge in [-0.3, -0.25) is 0 Å². The monoisotopic (exact) mass is 223 g/mol. The summed E-state index contributed by atoms with van der Waals surface area (Å²) in [5, 5.41) is 8.63. The molecule has 0 fully saturated rings. The smallest absolute Gasteiger partial charge is 0.348 e. The molecular formula is C11H7F2NO2. The number of nitriles is 1. The van der Waals surface area contributed by atoms with Crippen LogP contribution in [-0.2, 0) is 9.53 Å². The molecule has 0 saturated carbocycles. The molecule has 3 nitrogen and oxygen atoms in total. The van der Waals surface area contributed by atoms with Crippen LogP contribution in [0.15, 0.2) is 23.8 Å². The van der Waals surface area contributed by atoms with E-state index < -0.39 is 17.6 Å². The van der Waals surface area contributed by atoms with E-state index in [1.54, 1.807) is 6.07 Å². The number of nitrogens with zero attached hydrogens (tertiary/aromatic N) is 1. The lowest BCUT2D eigenvalue weighted by molar-refractivity contribution is -0.135. The first kappa shape index (κ1) is 11.9. The molecule has 0 unspecified atom stereocenters. The number of ether oxygens (including phenoxy) is 1. The van der Waals surface area contributed by atoms with Gasteiger partial charge >= 0.3 is 5.97 Å². The third-order valence-corrected chi connectivity index (χ3v) is 1.78. The molecule has 0 N–H and O–H groups in total. The lowest BCUT2D eigenvalue weighted by Gasteiger charge is -1.98. The maximum atomic E-state index is 12.8. The molecule has 0 heterocycles. The summed E-state index contributed by atoms with van der Waals surface area (Å²) in [4.78, 5) is 11.0. The minimum atomic E-state index is -1.05. The van der Waals surface area contributed by atoms with Gasteiger partial charge < -0.3 is 4.74 Å². The first-order chi connectivity index (χ1) is 7.58. The van der Waals surface area contributed by atoms with Gasteiger partial charge in [-0.25, -0.2) is 13.6 Å². The van der Waals surface area contributed by atoms with Crippen LogP contribution in [0.25, 0.3) is 6.08 Å². The second-order valence-corrected chi connectivity index (χ2v) is 2.83. The lowest BCUT2D eigenvalue weighted by Crippen LogP contribution is -2.02. The SMILES string of the molecule is COC(=O)/C(C#N)=C/c1ccc(F)c(F)c1. The van der Waals surface area contributed by atoms with Gasteiger partial charge in [0.05, 0.1) is 7.11 Å². The fraction of sp³-hybridized carbons (Fsp3) is 0.0909. The molecule has 0 spiro atoms. The van der Waals surface area contributed by atoms with Crippen molar-refractivity contribution in [1.29, 1.82) is 5.26 Å². The van der Waals surface area contributed by atoms with Crippen LogP contribution >= 0.6 is 0 Å².